The number of carbonyl (C=O) groups is 3. The molecule has 29 heavy (non-hydrogen) atoms. The molecule has 2 heterocycles. The van der Waals surface area contributed by atoms with Crippen molar-refractivity contribution in [3.8, 4) is 11.4 Å². The Hall–Kier alpha value is -3.52. The number of fused-ring (bicyclic) bond motifs is 1. The molecule has 1 aliphatic rings. The molecule has 0 fully saturated rings. The summed E-state index contributed by atoms with van der Waals surface area (Å²) < 4.78 is 5.18. The molecule has 3 aromatic rings. The van der Waals surface area contributed by atoms with Crippen molar-refractivity contribution in [1.82, 2.24) is 15.2 Å². The van der Waals surface area contributed by atoms with E-state index in [1.54, 1.807) is 36.4 Å². The number of benzene rings is 2. The Morgan fingerprint density at radius 2 is 1.69 bits per heavy atom. The zero-order valence-corrected chi connectivity index (χ0v) is 15.8. The SMILES string of the molecule is O=C(CCCc1nc(-c2ccc(Cl)cc2)no1)ON1C(=O)c2ccccc2C1=O. The Kier molecular flexibility index (Phi) is 5.09. The van der Waals surface area contributed by atoms with E-state index in [1.807, 2.05) is 0 Å². The van der Waals surface area contributed by atoms with Gasteiger partial charge in [0.2, 0.25) is 11.7 Å². The Bertz CT molecular complexity index is 1060. The summed E-state index contributed by atoms with van der Waals surface area (Å²) in [5.41, 5.74) is 1.19. The molecule has 0 N–H and O–H groups in total. The molecule has 1 aromatic heterocycles. The fraction of sp³-hybridized carbons (Fsp3) is 0.150. The lowest BCUT2D eigenvalue weighted by Gasteiger charge is -2.12. The first-order valence-electron chi connectivity index (χ1n) is 8.80. The quantitative estimate of drug-likeness (QED) is 0.572. The van der Waals surface area contributed by atoms with E-state index in [1.165, 1.54) is 12.1 Å². The van der Waals surface area contributed by atoms with Crippen molar-refractivity contribution in [3.05, 3.63) is 70.6 Å². The zero-order chi connectivity index (χ0) is 20.4. The second-order valence-electron chi connectivity index (χ2n) is 6.29. The molecule has 0 spiro atoms. The van der Waals surface area contributed by atoms with Gasteiger partial charge >= 0.3 is 5.97 Å². The topological polar surface area (TPSA) is 103 Å². The Morgan fingerprint density at radius 1 is 1.03 bits per heavy atom. The second-order valence-corrected chi connectivity index (χ2v) is 6.72. The number of hydrogen-bond donors (Lipinski definition) is 0. The minimum Gasteiger partial charge on any atom is -0.339 e. The van der Waals surface area contributed by atoms with Crippen LogP contribution in [0, 0.1) is 0 Å². The molecule has 0 saturated carbocycles. The highest BCUT2D eigenvalue weighted by molar-refractivity contribution is 6.30. The zero-order valence-electron chi connectivity index (χ0n) is 15.0. The molecule has 0 saturated heterocycles. The van der Waals surface area contributed by atoms with Gasteiger partial charge in [0.05, 0.1) is 11.1 Å². The lowest BCUT2D eigenvalue weighted by Crippen LogP contribution is -2.32. The Morgan fingerprint density at radius 3 is 2.34 bits per heavy atom. The van der Waals surface area contributed by atoms with Gasteiger partial charge in [0.25, 0.3) is 11.8 Å². The summed E-state index contributed by atoms with van der Waals surface area (Å²) in [4.78, 5) is 45.6. The third-order valence-electron chi connectivity index (χ3n) is 4.29. The van der Waals surface area contributed by atoms with Gasteiger partial charge in [-0.25, -0.2) is 4.79 Å². The van der Waals surface area contributed by atoms with Crippen LogP contribution in [0.1, 0.15) is 39.4 Å². The number of nitrogens with zero attached hydrogens (tertiary/aromatic N) is 3. The number of amides is 2. The highest BCUT2D eigenvalue weighted by Gasteiger charge is 2.38. The summed E-state index contributed by atoms with van der Waals surface area (Å²) in [6.45, 7) is 0. The molecule has 146 valence electrons. The summed E-state index contributed by atoms with van der Waals surface area (Å²) in [6, 6.07) is 13.3. The number of rotatable bonds is 6. The number of aryl methyl sites for hydroxylation is 1. The van der Waals surface area contributed by atoms with E-state index in [-0.39, 0.29) is 17.5 Å². The van der Waals surface area contributed by atoms with E-state index in [0.717, 1.165) is 5.56 Å². The molecule has 1 aliphatic heterocycles. The number of carbonyl (C=O) groups excluding carboxylic acids is 3. The maximum atomic E-state index is 12.2. The lowest BCUT2D eigenvalue weighted by molar-refractivity contribution is -0.168. The molecule has 9 heteroatoms. The molecular weight excluding hydrogens is 398 g/mol. The van der Waals surface area contributed by atoms with E-state index in [0.29, 0.717) is 34.6 Å². The first-order chi connectivity index (χ1) is 14.0. The van der Waals surface area contributed by atoms with E-state index in [2.05, 4.69) is 10.1 Å². The number of halogens is 1. The number of aromatic nitrogens is 2. The highest BCUT2D eigenvalue weighted by atomic mass is 35.5. The van der Waals surface area contributed by atoms with Crippen molar-refractivity contribution >= 4 is 29.4 Å². The van der Waals surface area contributed by atoms with Crippen molar-refractivity contribution in [2.45, 2.75) is 19.3 Å². The third kappa shape index (κ3) is 3.88. The van der Waals surface area contributed by atoms with Gasteiger partial charge in [-0.2, -0.15) is 4.98 Å². The maximum Gasteiger partial charge on any atom is 0.333 e. The molecular formula is C20H14ClN3O5. The first-order valence-corrected chi connectivity index (χ1v) is 9.18. The fourth-order valence-electron chi connectivity index (χ4n) is 2.85. The van der Waals surface area contributed by atoms with E-state index in [9.17, 15) is 14.4 Å². The smallest absolute Gasteiger partial charge is 0.333 e. The summed E-state index contributed by atoms with van der Waals surface area (Å²) in [5.74, 6) is -1.21. The molecule has 0 bridgehead atoms. The molecule has 0 unspecified atom stereocenters. The number of hydrogen-bond acceptors (Lipinski definition) is 7. The molecule has 0 radical (unpaired) electrons. The van der Waals surface area contributed by atoms with E-state index >= 15 is 0 Å². The molecule has 4 rings (SSSR count). The van der Waals surface area contributed by atoms with Gasteiger partial charge in [0, 0.05) is 23.4 Å². The normalized spacial score (nSPS) is 12.9. The van der Waals surface area contributed by atoms with Gasteiger partial charge in [0.1, 0.15) is 0 Å². The minimum atomic E-state index is -0.697. The van der Waals surface area contributed by atoms with Gasteiger partial charge < -0.3 is 9.36 Å². The monoisotopic (exact) mass is 411 g/mol. The minimum absolute atomic E-state index is 0.0218. The van der Waals surface area contributed by atoms with Crippen LogP contribution >= 0.6 is 11.6 Å². The van der Waals surface area contributed by atoms with E-state index in [4.69, 9.17) is 21.0 Å². The summed E-state index contributed by atoms with van der Waals surface area (Å²) in [5, 5.41) is 5.00. The number of imide groups is 1. The molecule has 2 aromatic carbocycles. The maximum absolute atomic E-state index is 12.2. The summed E-state index contributed by atoms with van der Waals surface area (Å²) in [7, 11) is 0. The molecule has 8 nitrogen and oxygen atoms in total. The second kappa shape index (κ2) is 7.84. The van der Waals surface area contributed by atoms with Crippen LogP contribution in [-0.2, 0) is 16.1 Å². The van der Waals surface area contributed by atoms with Crippen molar-refractivity contribution < 1.29 is 23.7 Å². The van der Waals surface area contributed by atoms with Crippen LogP contribution < -0.4 is 0 Å². The molecule has 0 atom stereocenters. The Balaban J connectivity index is 1.29. The van der Waals surface area contributed by atoms with E-state index < -0.39 is 17.8 Å². The van der Waals surface area contributed by atoms with Gasteiger partial charge in [-0.15, -0.1) is 0 Å². The van der Waals surface area contributed by atoms with Crippen LogP contribution in [0.25, 0.3) is 11.4 Å². The Labute approximate surface area is 170 Å². The molecule has 0 aliphatic carbocycles. The van der Waals surface area contributed by atoms with Crippen LogP contribution in [0.15, 0.2) is 53.1 Å². The standard InChI is InChI=1S/C20H14ClN3O5/c21-13-10-8-12(9-11-13)18-22-16(28-23-18)6-3-7-17(25)29-24-19(26)14-4-1-2-5-15(14)20(24)27/h1-2,4-5,8-11H,3,6-7H2. The largest absolute Gasteiger partial charge is 0.339 e. The van der Waals surface area contributed by atoms with Crippen LogP contribution in [0.4, 0.5) is 0 Å². The van der Waals surface area contributed by atoms with Crippen LogP contribution in [0.2, 0.25) is 5.02 Å². The van der Waals surface area contributed by atoms with Crippen LogP contribution in [0.3, 0.4) is 0 Å². The third-order valence-corrected chi connectivity index (χ3v) is 4.54. The van der Waals surface area contributed by atoms with Crippen molar-refractivity contribution in [3.63, 3.8) is 0 Å². The summed E-state index contributed by atoms with van der Waals surface area (Å²) >= 11 is 5.85. The lowest BCUT2D eigenvalue weighted by atomic mass is 10.1. The average molecular weight is 412 g/mol. The van der Waals surface area contributed by atoms with Gasteiger partial charge in [0.15, 0.2) is 0 Å². The van der Waals surface area contributed by atoms with Crippen molar-refractivity contribution in [2.24, 2.45) is 0 Å². The fourth-order valence-corrected chi connectivity index (χ4v) is 2.98. The highest BCUT2D eigenvalue weighted by Crippen LogP contribution is 2.23. The van der Waals surface area contributed by atoms with Crippen molar-refractivity contribution in [2.75, 3.05) is 0 Å². The number of hydroxylamine groups is 2. The van der Waals surface area contributed by atoms with Gasteiger partial charge in [-0.3, -0.25) is 9.59 Å². The predicted molar refractivity (Wildman–Crippen MR) is 101 cm³/mol. The predicted octanol–water partition coefficient (Wildman–Crippen LogP) is 3.47. The van der Waals surface area contributed by atoms with Crippen LogP contribution in [-0.4, -0.2) is 33.0 Å². The van der Waals surface area contributed by atoms with Crippen LogP contribution in [0.5, 0.6) is 0 Å². The van der Waals surface area contributed by atoms with Gasteiger partial charge in [-0.05, 0) is 42.8 Å². The average Bonchev–Trinajstić information content (AvgIpc) is 3.28. The first kappa shape index (κ1) is 18.8. The van der Waals surface area contributed by atoms with Crippen molar-refractivity contribution in [1.29, 1.82) is 0 Å². The van der Waals surface area contributed by atoms with Gasteiger partial charge in [-0.1, -0.05) is 34.0 Å². The molecule has 2 amide bonds. The summed E-state index contributed by atoms with van der Waals surface area (Å²) in [6.07, 6.45) is 0.675.